The van der Waals surface area contributed by atoms with Crippen molar-refractivity contribution in [1.29, 1.82) is 0 Å². The Morgan fingerprint density at radius 3 is 2.11 bits per heavy atom. The third-order valence-electron chi connectivity index (χ3n) is 8.02. The first-order valence-electron chi connectivity index (χ1n) is 14.3. The summed E-state index contributed by atoms with van der Waals surface area (Å²) in [4.78, 5) is 28.7. The van der Waals surface area contributed by atoms with Crippen molar-refractivity contribution in [1.82, 2.24) is 9.55 Å². The van der Waals surface area contributed by atoms with Crippen LogP contribution >= 0.6 is 11.6 Å². The van der Waals surface area contributed by atoms with Crippen molar-refractivity contribution in [2.24, 2.45) is 12.5 Å². The Kier molecular flexibility index (Phi) is 13.3. The number of carbonyl (C=O) groups is 2. The molecule has 1 fully saturated rings. The second kappa shape index (κ2) is 15.6. The van der Waals surface area contributed by atoms with E-state index in [0.29, 0.717) is 19.3 Å². The fourth-order valence-electron chi connectivity index (χ4n) is 5.59. The van der Waals surface area contributed by atoms with Crippen LogP contribution in [0.5, 0.6) is 0 Å². The smallest absolute Gasteiger partial charge is 0.317 e. The van der Waals surface area contributed by atoms with E-state index in [1.54, 1.807) is 19.4 Å². The molecule has 0 aromatic carbocycles. The SMILES string of the molecule is CCCCCCCCCCCCCCCC(=O)OC(C)[C@@]1(CC)C(=O)OC[C@@]1(Cl)Cc1cncn1C. The monoisotopic (exact) mass is 524 g/mol. The molecular weight excluding hydrogens is 476 g/mol. The van der Waals surface area contributed by atoms with Gasteiger partial charge in [0.15, 0.2) is 0 Å². The Morgan fingerprint density at radius 1 is 1.06 bits per heavy atom. The number of hydrogen-bond donors (Lipinski definition) is 0. The normalized spacial score (nSPS) is 22.5. The molecule has 0 N–H and O–H groups in total. The van der Waals surface area contributed by atoms with Crippen LogP contribution in [-0.4, -0.2) is 39.1 Å². The zero-order chi connectivity index (χ0) is 26.4. The van der Waals surface area contributed by atoms with Crippen LogP contribution < -0.4 is 0 Å². The minimum absolute atomic E-state index is 0.0904. The highest BCUT2D eigenvalue weighted by Gasteiger charge is 2.65. The van der Waals surface area contributed by atoms with Gasteiger partial charge in [0.25, 0.3) is 0 Å². The van der Waals surface area contributed by atoms with Crippen molar-refractivity contribution in [2.75, 3.05) is 6.61 Å². The maximum Gasteiger partial charge on any atom is 0.317 e. The molecule has 36 heavy (non-hydrogen) atoms. The second-order valence-electron chi connectivity index (χ2n) is 10.7. The summed E-state index contributed by atoms with van der Waals surface area (Å²) in [6.45, 7) is 6.03. The quantitative estimate of drug-likeness (QED) is 0.108. The van der Waals surface area contributed by atoms with Crippen LogP contribution in [0, 0.1) is 5.41 Å². The van der Waals surface area contributed by atoms with Gasteiger partial charge in [-0.1, -0.05) is 90.9 Å². The summed E-state index contributed by atoms with van der Waals surface area (Å²) in [5.74, 6) is -0.652. The minimum atomic E-state index is -1.09. The molecule has 1 aromatic heterocycles. The number of aryl methyl sites for hydroxylation is 1. The molecule has 0 radical (unpaired) electrons. The molecule has 1 unspecified atom stereocenters. The standard InChI is InChI=1S/C29H49ClN2O4/c1-5-7-8-9-10-11-12-13-14-15-16-17-18-19-26(33)36-24(3)29(6-2)27(34)35-22-28(29,30)20-25-21-31-23-32(25)4/h21,23-24H,5-20,22H2,1-4H3/t24?,28-,29-/m0/s1. The molecule has 0 saturated carbocycles. The lowest BCUT2D eigenvalue weighted by molar-refractivity contribution is -0.164. The predicted molar refractivity (Wildman–Crippen MR) is 145 cm³/mol. The zero-order valence-corrected chi connectivity index (χ0v) is 23.9. The first kappa shape index (κ1) is 30.7. The Balaban J connectivity index is 1.69. The number of ether oxygens (including phenoxy) is 2. The first-order valence-corrected chi connectivity index (χ1v) is 14.7. The van der Waals surface area contributed by atoms with Gasteiger partial charge in [0.1, 0.15) is 23.0 Å². The van der Waals surface area contributed by atoms with Crippen molar-refractivity contribution in [2.45, 2.75) is 134 Å². The van der Waals surface area contributed by atoms with Crippen LogP contribution in [-0.2, 0) is 32.5 Å². The van der Waals surface area contributed by atoms with Crippen LogP contribution in [0.1, 0.15) is 123 Å². The van der Waals surface area contributed by atoms with Crippen molar-refractivity contribution < 1.29 is 19.1 Å². The number of aromatic nitrogens is 2. The first-order chi connectivity index (χ1) is 17.3. The molecule has 0 spiro atoms. The number of cyclic esters (lactones) is 1. The number of alkyl halides is 1. The van der Waals surface area contributed by atoms with Gasteiger partial charge in [-0.3, -0.25) is 9.59 Å². The van der Waals surface area contributed by atoms with Gasteiger partial charge in [-0.15, -0.1) is 11.6 Å². The molecule has 1 aromatic rings. The van der Waals surface area contributed by atoms with E-state index in [0.717, 1.165) is 25.0 Å². The second-order valence-corrected chi connectivity index (χ2v) is 11.4. The third kappa shape index (κ3) is 8.22. The molecule has 3 atom stereocenters. The fraction of sp³-hybridized carbons (Fsp3) is 0.828. The lowest BCUT2D eigenvalue weighted by atomic mass is 9.69. The summed E-state index contributed by atoms with van der Waals surface area (Å²) in [5.41, 5.74) is -0.184. The molecule has 0 amide bonds. The van der Waals surface area contributed by atoms with Gasteiger partial charge in [0, 0.05) is 31.8 Å². The van der Waals surface area contributed by atoms with E-state index in [9.17, 15) is 9.59 Å². The van der Waals surface area contributed by atoms with Gasteiger partial charge in [0.2, 0.25) is 0 Å². The molecule has 0 aliphatic carbocycles. The van der Waals surface area contributed by atoms with Crippen molar-refractivity contribution in [3.63, 3.8) is 0 Å². The number of rotatable bonds is 19. The molecule has 0 bridgehead atoms. The van der Waals surface area contributed by atoms with E-state index in [1.807, 2.05) is 18.5 Å². The van der Waals surface area contributed by atoms with Crippen molar-refractivity contribution in [3.8, 4) is 0 Å². The number of hydrogen-bond acceptors (Lipinski definition) is 5. The highest BCUT2D eigenvalue weighted by Crippen LogP contribution is 2.51. The summed E-state index contributed by atoms with van der Waals surface area (Å²) in [6.07, 6.45) is 20.4. The Morgan fingerprint density at radius 2 is 1.61 bits per heavy atom. The van der Waals surface area contributed by atoms with Gasteiger partial charge < -0.3 is 14.0 Å². The van der Waals surface area contributed by atoms with E-state index in [1.165, 1.54) is 64.2 Å². The topological polar surface area (TPSA) is 70.4 Å². The highest BCUT2D eigenvalue weighted by atomic mass is 35.5. The predicted octanol–water partition coefficient (Wildman–Crippen LogP) is 7.31. The van der Waals surface area contributed by atoms with E-state index >= 15 is 0 Å². The number of unbranched alkanes of at least 4 members (excludes halogenated alkanes) is 12. The lowest BCUT2D eigenvalue weighted by Crippen LogP contribution is -2.54. The molecular formula is C29H49ClN2O4. The summed E-state index contributed by atoms with van der Waals surface area (Å²) in [7, 11) is 1.90. The molecule has 7 heteroatoms. The van der Waals surface area contributed by atoms with Crippen LogP contribution in [0.2, 0.25) is 0 Å². The number of esters is 2. The maximum atomic E-state index is 12.9. The average Bonchev–Trinajstić information content (AvgIpc) is 3.36. The lowest BCUT2D eigenvalue weighted by Gasteiger charge is -2.40. The van der Waals surface area contributed by atoms with Crippen LogP contribution in [0.15, 0.2) is 12.5 Å². The highest BCUT2D eigenvalue weighted by molar-refractivity contribution is 6.27. The molecule has 6 nitrogen and oxygen atoms in total. The van der Waals surface area contributed by atoms with E-state index in [-0.39, 0.29) is 18.5 Å². The van der Waals surface area contributed by atoms with Gasteiger partial charge in [-0.25, -0.2) is 4.98 Å². The van der Waals surface area contributed by atoms with Gasteiger partial charge in [-0.05, 0) is 19.8 Å². The number of carbonyl (C=O) groups excluding carboxylic acids is 2. The van der Waals surface area contributed by atoms with Gasteiger partial charge >= 0.3 is 11.9 Å². The summed E-state index contributed by atoms with van der Waals surface area (Å²) in [6, 6.07) is 0. The number of nitrogens with zero attached hydrogens (tertiary/aromatic N) is 2. The molecule has 1 saturated heterocycles. The van der Waals surface area contributed by atoms with Gasteiger partial charge in [0.05, 0.1) is 6.33 Å². The summed E-state index contributed by atoms with van der Waals surface area (Å²) < 4.78 is 13.1. The number of imidazole rings is 1. The fourth-order valence-corrected chi connectivity index (χ4v) is 6.15. The molecule has 1 aliphatic rings. The molecule has 2 rings (SSSR count). The molecule has 2 heterocycles. The minimum Gasteiger partial charge on any atom is -0.463 e. The Labute approximate surface area is 223 Å². The van der Waals surface area contributed by atoms with Crippen LogP contribution in [0.25, 0.3) is 0 Å². The van der Waals surface area contributed by atoms with E-state index < -0.39 is 16.4 Å². The van der Waals surface area contributed by atoms with Crippen LogP contribution in [0.3, 0.4) is 0 Å². The molecule has 206 valence electrons. The summed E-state index contributed by atoms with van der Waals surface area (Å²) >= 11 is 7.09. The third-order valence-corrected chi connectivity index (χ3v) is 8.60. The average molecular weight is 525 g/mol. The Hall–Kier alpha value is -1.56. The van der Waals surface area contributed by atoms with Crippen molar-refractivity contribution in [3.05, 3.63) is 18.2 Å². The zero-order valence-electron chi connectivity index (χ0n) is 23.2. The van der Waals surface area contributed by atoms with Crippen molar-refractivity contribution >= 4 is 23.5 Å². The van der Waals surface area contributed by atoms with E-state index in [4.69, 9.17) is 21.1 Å². The number of halogens is 1. The largest absolute Gasteiger partial charge is 0.463 e. The van der Waals surface area contributed by atoms with Crippen LogP contribution in [0.4, 0.5) is 0 Å². The van der Waals surface area contributed by atoms with E-state index in [2.05, 4.69) is 11.9 Å². The molecule has 1 aliphatic heterocycles. The van der Waals surface area contributed by atoms with Gasteiger partial charge in [-0.2, -0.15) is 0 Å². The maximum absolute atomic E-state index is 12.9. The summed E-state index contributed by atoms with van der Waals surface area (Å²) in [5, 5.41) is 0. The Bertz CT molecular complexity index is 798.